The number of hydrogen-bond acceptors (Lipinski definition) is 1. The van der Waals surface area contributed by atoms with Crippen molar-refractivity contribution in [1.29, 1.82) is 0 Å². The van der Waals surface area contributed by atoms with Crippen LogP contribution in [0.1, 0.15) is 31.2 Å². The average molecular weight is 227 g/mol. The highest BCUT2D eigenvalue weighted by Crippen LogP contribution is 2.24. The molecule has 0 saturated heterocycles. The molecule has 0 spiro atoms. The Morgan fingerprint density at radius 1 is 1.43 bits per heavy atom. The summed E-state index contributed by atoms with van der Waals surface area (Å²) in [6.07, 6.45) is 8.34. The largest absolute Gasteiger partial charge is 0.152 e. The van der Waals surface area contributed by atoms with Crippen LogP contribution in [0.5, 0.6) is 0 Å². The lowest BCUT2D eigenvalue weighted by Crippen LogP contribution is -1.93. The summed E-state index contributed by atoms with van der Waals surface area (Å²) in [7, 11) is 0. The normalized spacial score (nSPS) is 22.9. The summed E-state index contributed by atoms with van der Waals surface area (Å²) < 4.78 is 0. The zero-order chi connectivity index (χ0) is 9.80. The maximum absolute atomic E-state index is 6.18. The van der Waals surface area contributed by atoms with Crippen molar-refractivity contribution in [1.82, 2.24) is 0 Å². The van der Waals surface area contributed by atoms with E-state index in [1.165, 1.54) is 30.4 Å². The standard InChI is InChI=1S/C12H15ClS/c13-12-4-2-1-3-10(8-12)7-11-5-6-14-9-11/h5-6,8-9,12H,1-4,7H2. The molecule has 14 heavy (non-hydrogen) atoms. The first-order valence-corrected chi connectivity index (χ1v) is 6.57. The third-order valence-electron chi connectivity index (χ3n) is 2.66. The van der Waals surface area contributed by atoms with E-state index in [0.29, 0.717) is 0 Å². The zero-order valence-electron chi connectivity index (χ0n) is 8.21. The minimum atomic E-state index is 0.270. The summed E-state index contributed by atoms with van der Waals surface area (Å²) in [5.74, 6) is 0. The molecule has 1 aromatic heterocycles. The molecule has 0 N–H and O–H groups in total. The third-order valence-corrected chi connectivity index (χ3v) is 3.73. The lowest BCUT2D eigenvalue weighted by molar-refractivity contribution is 0.710. The molecular weight excluding hydrogens is 212 g/mol. The van der Waals surface area contributed by atoms with Gasteiger partial charge in [-0.05, 0) is 48.1 Å². The molecule has 0 fully saturated rings. The fourth-order valence-corrected chi connectivity index (χ4v) is 2.92. The Kier molecular flexibility index (Phi) is 3.66. The Balaban J connectivity index is 2.02. The van der Waals surface area contributed by atoms with Gasteiger partial charge in [-0.3, -0.25) is 0 Å². The quantitative estimate of drug-likeness (QED) is 0.518. The van der Waals surface area contributed by atoms with Gasteiger partial charge in [-0.25, -0.2) is 0 Å². The minimum absolute atomic E-state index is 0.270. The Morgan fingerprint density at radius 2 is 2.36 bits per heavy atom. The maximum atomic E-state index is 6.18. The molecule has 0 bridgehead atoms. The van der Waals surface area contributed by atoms with E-state index < -0.39 is 0 Å². The van der Waals surface area contributed by atoms with Crippen LogP contribution in [0.25, 0.3) is 0 Å². The van der Waals surface area contributed by atoms with Crippen LogP contribution < -0.4 is 0 Å². The lowest BCUT2D eigenvalue weighted by Gasteiger charge is -2.03. The van der Waals surface area contributed by atoms with Crippen molar-refractivity contribution in [2.24, 2.45) is 0 Å². The van der Waals surface area contributed by atoms with Crippen LogP contribution in [-0.2, 0) is 6.42 Å². The van der Waals surface area contributed by atoms with Crippen molar-refractivity contribution in [3.63, 3.8) is 0 Å². The maximum Gasteiger partial charge on any atom is 0.0518 e. The molecule has 0 saturated carbocycles. The summed E-state index contributed by atoms with van der Waals surface area (Å²) in [5, 5.41) is 4.64. The summed E-state index contributed by atoms with van der Waals surface area (Å²) in [6, 6.07) is 2.21. The predicted octanol–water partition coefficient (Wildman–Crippen LogP) is 4.40. The number of alkyl halides is 1. The molecule has 1 unspecified atom stereocenters. The van der Waals surface area contributed by atoms with Gasteiger partial charge >= 0.3 is 0 Å². The van der Waals surface area contributed by atoms with E-state index in [1.807, 2.05) is 0 Å². The van der Waals surface area contributed by atoms with Crippen molar-refractivity contribution >= 4 is 22.9 Å². The molecule has 1 aromatic rings. The first-order chi connectivity index (χ1) is 6.84. The van der Waals surface area contributed by atoms with Crippen molar-refractivity contribution < 1.29 is 0 Å². The molecule has 0 radical (unpaired) electrons. The molecular formula is C12H15ClS. The van der Waals surface area contributed by atoms with Crippen LogP contribution in [0.4, 0.5) is 0 Å². The van der Waals surface area contributed by atoms with E-state index in [9.17, 15) is 0 Å². The van der Waals surface area contributed by atoms with E-state index in [2.05, 4.69) is 22.9 Å². The number of rotatable bonds is 2. The van der Waals surface area contributed by atoms with E-state index in [1.54, 1.807) is 11.3 Å². The van der Waals surface area contributed by atoms with Crippen LogP contribution in [0.3, 0.4) is 0 Å². The molecule has 0 amide bonds. The molecule has 1 atom stereocenters. The van der Waals surface area contributed by atoms with Crippen molar-refractivity contribution in [2.75, 3.05) is 0 Å². The molecule has 1 heterocycles. The van der Waals surface area contributed by atoms with Gasteiger partial charge in [-0.2, -0.15) is 11.3 Å². The second kappa shape index (κ2) is 4.99. The molecule has 0 aromatic carbocycles. The highest BCUT2D eigenvalue weighted by Gasteiger charge is 2.09. The number of halogens is 1. The van der Waals surface area contributed by atoms with Gasteiger partial charge in [0, 0.05) is 0 Å². The van der Waals surface area contributed by atoms with Crippen LogP contribution >= 0.6 is 22.9 Å². The van der Waals surface area contributed by atoms with Gasteiger partial charge in [0.05, 0.1) is 5.38 Å². The highest BCUT2D eigenvalue weighted by molar-refractivity contribution is 7.07. The van der Waals surface area contributed by atoms with E-state index in [-0.39, 0.29) is 5.38 Å². The Labute approximate surface area is 94.6 Å². The van der Waals surface area contributed by atoms with Crippen LogP contribution in [0.2, 0.25) is 0 Å². The SMILES string of the molecule is ClC1C=C(Cc2ccsc2)CCCC1. The summed E-state index contributed by atoms with van der Waals surface area (Å²) in [6.45, 7) is 0. The highest BCUT2D eigenvalue weighted by atomic mass is 35.5. The fraction of sp³-hybridized carbons (Fsp3) is 0.500. The Bertz CT molecular complexity index is 300. The molecule has 2 rings (SSSR count). The molecule has 1 aliphatic rings. The number of thiophene rings is 1. The molecule has 0 nitrogen and oxygen atoms in total. The van der Waals surface area contributed by atoms with Gasteiger partial charge in [0.2, 0.25) is 0 Å². The van der Waals surface area contributed by atoms with E-state index in [4.69, 9.17) is 11.6 Å². The minimum Gasteiger partial charge on any atom is -0.152 e. The second-order valence-electron chi connectivity index (χ2n) is 3.90. The van der Waals surface area contributed by atoms with Gasteiger partial charge in [-0.15, -0.1) is 11.6 Å². The van der Waals surface area contributed by atoms with Crippen molar-refractivity contribution in [2.45, 2.75) is 37.5 Å². The van der Waals surface area contributed by atoms with Gasteiger partial charge in [0.25, 0.3) is 0 Å². The smallest absolute Gasteiger partial charge is 0.0518 e. The molecule has 0 aliphatic heterocycles. The monoisotopic (exact) mass is 226 g/mol. The summed E-state index contributed by atoms with van der Waals surface area (Å²) in [4.78, 5) is 0. The number of allylic oxidation sites excluding steroid dienone is 2. The van der Waals surface area contributed by atoms with E-state index >= 15 is 0 Å². The molecule has 2 heteroatoms. The van der Waals surface area contributed by atoms with Crippen molar-refractivity contribution in [3.05, 3.63) is 34.0 Å². The third kappa shape index (κ3) is 2.86. The number of hydrogen-bond donors (Lipinski definition) is 0. The predicted molar refractivity (Wildman–Crippen MR) is 64.2 cm³/mol. The summed E-state index contributed by atoms with van der Waals surface area (Å²) in [5.41, 5.74) is 2.97. The Hall–Kier alpha value is -0.270. The lowest BCUT2D eigenvalue weighted by atomic mass is 10.0. The molecule has 76 valence electrons. The zero-order valence-corrected chi connectivity index (χ0v) is 9.78. The van der Waals surface area contributed by atoms with Gasteiger partial charge in [0.15, 0.2) is 0 Å². The van der Waals surface area contributed by atoms with E-state index in [0.717, 1.165) is 12.8 Å². The first-order valence-electron chi connectivity index (χ1n) is 5.19. The Morgan fingerprint density at radius 3 is 3.14 bits per heavy atom. The second-order valence-corrected chi connectivity index (χ2v) is 5.24. The van der Waals surface area contributed by atoms with Gasteiger partial charge in [-0.1, -0.05) is 18.1 Å². The van der Waals surface area contributed by atoms with Gasteiger partial charge in [0.1, 0.15) is 0 Å². The van der Waals surface area contributed by atoms with Crippen LogP contribution in [0.15, 0.2) is 28.5 Å². The van der Waals surface area contributed by atoms with Crippen LogP contribution in [-0.4, -0.2) is 5.38 Å². The molecule has 1 aliphatic carbocycles. The van der Waals surface area contributed by atoms with Crippen molar-refractivity contribution in [3.8, 4) is 0 Å². The summed E-state index contributed by atoms with van der Waals surface area (Å²) >= 11 is 7.96. The fourth-order valence-electron chi connectivity index (χ4n) is 1.92. The average Bonchev–Trinajstić information content (AvgIpc) is 2.56. The topological polar surface area (TPSA) is 0 Å². The van der Waals surface area contributed by atoms with Gasteiger partial charge < -0.3 is 0 Å². The first kappa shape index (κ1) is 10.3. The van der Waals surface area contributed by atoms with Crippen LogP contribution in [0, 0.1) is 0 Å².